The highest BCUT2D eigenvalue weighted by molar-refractivity contribution is 6.31. The van der Waals surface area contributed by atoms with E-state index in [1.54, 1.807) is 12.3 Å². The summed E-state index contributed by atoms with van der Waals surface area (Å²) in [7, 11) is 0. The minimum Gasteiger partial charge on any atom is -0.361 e. The van der Waals surface area contributed by atoms with Crippen molar-refractivity contribution in [1.82, 2.24) is 10.2 Å². The molecule has 5 nitrogen and oxygen atoms in total. The predicted molar refractivity (Wildman–Crippen MR) is 137 cm³/mol. The van der Waals surface area contributed by atoms with Crippen molar-refractivity contribution in [3.8, 4) is 11.1 Å². The maximum absolute atomic E-state index is 12.7. The van der Waals surface area contributed by atoms with Crippen LogP contribution < -0.4 is 10.6 Å². The van der Waals surface area contributed by atoms with Gasteiger partial charge >= 0.3 is 0 Å². The Kier molecular flexibility index (Phi) is 6.48. The Morgan fingerprint density at radius 3 is 2.26 bits per heavy atom. The molecule has 2 aliphatic heterocycles. The van der Waals surface area contributed by atoms with E-state index in [4.69, 9.17) is 11.6 Å². The number of carbonyl (C=O) groups is 2. The Morgan fingerprint density at radius 1 is 0.824 bits per heavy atom. The second-order valence-electron chi connectivity index (χ2n) is 8.79. The zero-order valence-electron chi connectivity index (χ0n) is 18.8. The minimum atomic E-state index is -0.417. The van der Waals surface area contributed by atoms with E-state index < -0.39 is 5.91 Å². The first kappa shape index (κ1) is 22.4. The van der Waals surface area contributed by atoms with Gasteiger partial charge in [0.1, 0.15) is 0 Å². The van der Waals surface area contributed by atoms with Crippen molar-refractivity contribution in [2.24, 2.45) is 0 Å². The lowest BCUT2D eigenvalue weighted by Gasteiger charge is -2.26. The molecule has 0 aromatic heterocycles. The third kappa shape index (κ3) is 4.91. The maximum atomic E-state index is 12.7. The van der Waals surface area contributed by atoms with E-state index in [-0.39, 0.29) is 5.91 Å². The summed E-state index contributed by atoms with van der Waals surface area (Å²) < 4.78 is 0. The quantitative estimate of drug-likeness (QED) is 0.369. The summed E-state index contributed by atoms with van der Waals surface area (Å²) in [6.45, 7) is 3.29. The normalized spacial score (nSPS) is 17.4. The Bertz CT molecular complexity index is 1240. The largest absolute Gasteiger partial charge is 0.361 e. The number of rotatable bonds is 5. The van der Waals surface area contributed by atoms with E-state index in [2.05, 4.69) is 27.7 Å². The molecule has 1 saturated heterocycles. The number of benzene rings is 3. The second kappa shape index (κ2) is 9.84. The van der Waals surface area contributed by atoms with Gasteiger partial charge < -0.3 is 5.32 Å². The highest BCUT2D eigenvalue weighted by Crippen LogP contribution is 2.30. The number of anilines is 1. The van der Waals surface area contributed by atoms with Crippen LogP contribution in [-0.2, 0) is 11.3 Å². The Morgan fingerprint density at radius 2 is 1.53 bits per heavy atom. The van der Waals surface area contributed by atoms with E-state index in [1.165, 1.54) is 24.8 Å². The number of halogens is 1. The van der Waals surface area contributed by atoms with Crippen molar-refractivity contribution in [3.63, 3.8) is 0 Å². The molecule has 0 spiro atoms. The highest BCUT2D eigenvalue weighted by atomic mass is 35.5. The molecular weight excluding hydrogens is 446 g/mol. The zero-order chi connectivity index (χ0) is 23.5. The monoisotopic (exact) mass is 471 g/mol. The second-order valence-corrected chi connectivity index (χ2v) is 9.22. The molecule has 172 valence electrons. The lowest BCUT2D eigenvalue weighted by molar-refractivity contribution is -0.114. The van der Waals surface area contributed by atoms with E-state index in [0.29, 0.717) is 21.7 Å². The van der Waals surface area contributed by atoms with E-state index in [1.807, 2.05) is 48.5 Å². The molecule has 0 aliphatic carbocycles. The average Bonchev–Trinajstić information content (AvgIpc) is 2.86. The van der Waals surface area contributed by atoms with Crippen LogP contribution in [0.3, 0.4) is 0 Å². The molecule has 6 heteroatoms. The smallest absolute Gasteiger partial charge is 0.260 e. The fraction of sp³-hybridized carbons (Fsp3) is 0.214. The molecule has 0 saturated carbocycles. The third-order valence-electron chi connectivity index (χ3n) is 6.40. The molecular formula is C28H26ClN3O2. The Balaban J connectivity index is 1.38. The fourth-order valence-electron chi connectivity index (χ4n) is 4.53. The number of nitrogens with zero attached hydrogens (tertiary/aromatic N) is 1. The van der Waals surface area contributed by atoms with Gasteiger partial charge in [0.05, 0.1) is 5.57 Å². The summed E-state index contributed by atoms with van der Waals surface area (Å²) in [4.78, 5) is 27.6. The van der Waals surface area contributed by atoms with Crippen molar-refractivity contribution in [2.45, 2.75) is 25.8 Å². The van der Waals surface area contributed by atoms with Crippen LogP contribution >= 0.6 is 11.6 Å². The van der Waals surface area contributed by atoms with Crippen molar-refractivity contribution >= 4 is 34.7 Å². The van der Waals surface area contributed by atoms with Gasteiger partial charge in [-0.15, -0.1) is 0 Å². The van der Waals surface area contributed by atoms with Crippen LogP contribution in [0.4, 0.5) is 5.69 Å². The summed E-state index contributed by atoms with van der Waals surface area (Å²) in [5.74, 6) is -0.804. The molecule has 2 N–H and O–H groups in total. The minimum absolute atomic E-state index is 0.387. The van der Waals surface area contributed by atoms with Crippen molar-refractivity contribution < 1.29 is 9.59 Å². The van der Waals surface area contributed by atoms with Crippen LogP contribution in [0.5, 0.6) is 0 Å². The zero-order valence-corrected chi connectivity index (χ0v) is 19.6. The number of nitrogens with one attached hydrogen (secondary N) is 2. The molecule has 0 radical (unpaired) electrons. The number of likely N-dealkylation sites (tertiary alicyclic amines) is 1. The average molecular weight is 472 g/mol. The van der Waals surface area contributed by atoms with Crippen molar-refractivity contribution in [1.29, 1.82) is 0 Å². The maximum Gasteiger partial charge on any atom is 0.260 e. The van der Waals surface area contributed by atoms with E-state index >= 15 is 0 Å². The van der Waals surface area contributed by atoms with Gasteiger partial charge in [-0.2, -0.15) is 0 Å². The van der Waals surface area contributed by atoms with Crippen LogP contribution in [-0.4, -0.2) is 29.8 Å². The summed E-state index contributed by atoms with van der Waals surface area (Å²) in [6.07, 6.45) is 5.56. The van der Waals surface area contributed by atoms with Gasteiger partial charge in [0.2, 0.25) is 0 Å². The number of fused-ring (bicyclic) bond motifs is 1. The van der Waals surface area contributed by atoms with Crippen LogP contribution in [0, 0.1) is 0 Å². The van der Waals surface area contributed by atoms with Gasteiger partial charge in [0.15, 0.2) is 0 Å². The van der Waals surface area contributed by atoms with Crippen LogP contribution in [0.1, 0.15) is 40.7 Å². The molecule has 2 heterocycles. The van der Waals surface area contributed by atoms with Crippen LogP contribution in [0.15, 0.2) is 72.9 Å². The molecule has 0 unspecified atom stereocenters. The van der Waals surface area contributed by atoms with Crippen LogP contribution in [0.2, 0.25) is 5.02 Å². The molecule has 2 amide bonds. The summed E-state index contributed by atoms with van der Waals surface area (Å²) >= 11 is 6.02. The molecule has 5 rings (SSSR count). The molecule has 0 atom stereocenters. The number of piperidine rings is 1. The van der Waals surface area contributed by atoms with Gasteiger partial charge in [0.25, 0.3) is 11.8 Å². The van der Waals surface area contributed by atoms with Gasteiger partial charge in [-0.25, -0.2) is 0 Å². The summed E-state index contributed by atoms with van der Waals surface area (Å²) in [6, 6.07) is 21.3. The first-order valence-electron chi connectivity index (χ1n) is 11.6. The Labute approximate surface area is 204 Å². The van der Waals surface area contributed by atoms with Gasteiger partial charge in [-0.1, -0.05) is 48.4 Å². The molecule has 3 aromatic rings. The van der Waals surface area contributed by atoms with Crippen LogP contribution in [0.25, 0.3) is 16.7 Å². The molecule has 0 bridgehead atoms. The van der Waals surface area contributed by atoms with Gasteiger partial charge in [-0.3, -0.25) is 19.8 Å². The molecule has 3 aromatic carbocycles. The lowest BCUT2D eigenvalue weighted by atomic mass is 9.91. The SMILES string of the molecule is O=C1NC(=O)c2ccc(-c3ccc(Cl)cc3)cc2/C1=C/Nc1ccc(CN2CCCCC2)cc1. The predicted octanol–water partition coefficient (Wildman–Crippen LogP) is 5.72. The van der Waals surface area contributed by atoms with Crippen molar-refractivity contribution in [2.75, 3.05) is 18.4 Å². The van der Waals surface area contributed by atoms with E-state index in [9.17, 15) is 9.59 Å². The summed E-state index contributed by atoms with van der Waals surface area (Å²) in [5, 5.41) is 6.32. The number of hydrogen-bond donors (Lipinski definition) is 2. The first-order valence-corrected chi connectivity index (χ1v) is 12.0. The standard InChI is InChI=1S/C28H26ClN3O2/c29-22-9-6-20(7-10-22)21-8-13-24-25(16-21)26(28(34)31-27(24)33)17-30-23-11-4-19(5-12-23)18-32-14-2-1-3-15-32/h4-13,16-17,30H,1-3,14-15,18H2,(H,31,33,34)/b26-17-. The lowest BCUT2D eigenvalue weighted by Crippen LogP contribution is -2.36. The van der Waals surface area contributed by atoms with Gasteiger partial charge in [0, 0.05) is 34.6 Å². The number of carbonyl (C=O) groups excluding carboxylic acids is 2. The first-order chi connectivity index (χ1) is 16.6. The number of amides is 2. The number of hydrogen-bond acceptors (Lipinski definition) is 4. The van der Waals surface area contributed by atoms with Crippen molar-refractivity contribution in [3.05, 3.63) is 94.6 Å². The summed E-state index contributed by atoms with van der Waals surface area (Å²) in [5.41, 5.74) is 5.53. The van der Waals surface area contributed by atoms with E-state index in [0.717, 1.165) is 36.4 Å². The number of imide groups is 1. The topological polar surface area (TPSA) is 61.4 Å². The highest BCUT2D eigenvalue weighted by Gasteiger charge is 2.27. The molecule has 34 heavy (non-hydrogen) atoms. The van der Waals surface area contributed by atoms with Gasteiger partial charge in [-0.05, 0) is 79.0 Å². The molecule has 1 fully saturated rings. The third-order valence-corrected chi connectivity index (χ3v) is 6.65. The Hall–Kier alpha value is -3.41. The molecule has 2 aliphatic rings. The fourth-order valence-corrected chi connectivity index (χ4v) is 4.65.